The number of nitrogens with zero attached hydrogens (tertiary/aromatic N) is 4. The first-order valence-corrected chi connectivity index (χ1v) is 10.2. The molecule has 154 valence electrons. The normalized spacial score (nSPS) is 12.6. The van der Waals surface area contributed by atoms with E-state index in [2.05, 4.69) is 25.8 Å². The Morgan fingerprint density at radius 2 is 2.06 bits per heavy atom. The second kappa shape index (κ2) is 7.33. The maximum atomic E-state index is 13.1. The van der Waals surface area contributed by atoms with E-state index < -0.39 is 0 Å². The predicted molar refractivity (Wildman–Crippen MR) is 117 cm³/mol. The molecule has 10 heteroatoms. The van der Waals surface area contributed by atoms with Gasteiger partial charge >= 0.3 is 6.03 Å². The van der Waals surface area contributed by atoms with Crippen LogP contribution >= 0.6 is 11.3 Å². The number of hydrogen-bond acceptors (Lipinski definition) is 7. The number of anilines is 3. The molecule has 3 amide bonds. The Bertz CT molecular complexity index is 1340. The first-order chi connectivity index (χ1) is 15.1. The third kappa shape index (κ3) is 3.13. The largest absolute Gasteiger partial charge is 0.438 e. The van der Waals surface area contributed by atoms with Crippen LogP contribution < -0.4 is 20.3 Å². The van der Waals surface area contributed by atoms with E-state index >= 15 is 0 Å². The second-order valence-electron chi connectivity index (χ2n) is 6.77. The van der Waals surface area contributed by atoms with Gasteiger partial charge in [0.2, 0.25) is 5.88 Å². The molecule has 2 N–H and O–H groups in total. The van der Waals surface area contributed by atoms with Crippen LogP contribution in [0.1, 0.15) is 15.2 Å². The highest BCUT2D eigenvalue weighted by molar-refractivity contribution is 7.21. The van der Waals surface area contributed by atoms with Crippen molar-refractivity contribution in [1.29, 1.82) is 0 Å². The van der Waals surface area contributed by atoms with E-state index in [1.54, 1.807) is 48.6 Å². The number of nitrogens with one attached hydrogen (secondary N) is 2. The molecule has 1 aliphatic rings. The van der Waals surface area contributed by atoms with E-state index in [9.17, 15) is 9.59 Å². The third-order valence-electron chi connectivity index (χ3n) is 4.86. The van der Waals surface area contributed by atoms with Crippen molar-refractivity contribution in [1.82, 2.24) is 20.5 Å². The molecule has 5 rings (SSSR count). The molecular weight excluding hydrogens is 416 g/mol. The van der Waals surface area contributed by atoms with Gasteiger partial charge in [-0.2, -0.15) is 5.10 Å². The Morgan fingerprint density at radius 1 is 1.19 bits per heavy atom. The van der Waals surface area contributed by atoms with Gasteiger partial charge < -0.3 is 15.4 Å². The SMILES string of the molecule is CNC(=O)c1sc2nccc3c2c1NC(=O)N3c1ccc(Oc2cccnn2)cc1C. The summed E-state index contributed by atoms with van der Waals surface area (Å²) in [6, 6.07) is 10.3. The first kappa shape index (κ1) is 18.9. The van der Waals surface area contributed by atoms with Crippen molar-refractivity contribution >= 4 is 50.6 Å². The summed E-state index contributed by atoms with van der Waals surface area (Å²) in [5.74, 6) is 0.697. The highest BCUT2D eigenvalue weighted by Gasteiger charge is 2.33. The number of rotatable bonds is 4. The standard InChI is InChI=1S/C21H16N6O3S/c1-11-10-12(30-15-4-3-8-24-26-15)5-6-13(11)27-14-7-9-23-20-16(14)17(25-21(27)29)18(31-20)19(28)22-2/h3-10H,1-2H3,(H,22,28)(H,25,29). The number of thiophene rings is 1. The summed E-state index contributed by atoms with van der Waals surface area (Å²) in [6.07, 6.45) is 3.21. The minimum atomic E-state index is -0.353. The van der Waals surface area contributed by atoms with Crippen molar-refractivity contribution in [3.8, 4) is 11.6 Å². The van der Waals surface area contributed by atoms with Crippen molar-refractivity contribution in [2.24, 2.45) is 0 Å². The van der Waals surface area contributed by atoms with Crippen molar-refractivity contribution in [2.45, 2.75) is 6.92 Å². The van der Waals surface area contributed by atoms with Crippen LogP contribution in [0.25, 0.3) is 10.2 Å². The van der Waals surface area contributed by atoms with E-state index in [0.29, 0.717) is 38.4 Å². The molecule has 0 saturated carbocycles. The van der Waals surface area contributed by atoms with Gasteiger partial charge in [-0.25, -0.2) is 9.78 Å². The van der Waals surface area contributed by atoms with Crippen LogP contribution in [0.2, 0.25) is 0 Å². The number of aromatic nitrogens is 3. The average Bonchev–Trinajstić information content (AvgIpc) is 3.14. The lowest BCUT2D eigenvalue weighted by Crippen LogP contribution is -2.35. The second-order valence-corrected chi connectivity index (χ2v) is 7.77. The molecule has 4 aromatic rings. The maximum absolute atomic E-state index is 13.1. The molecule has 0 aliphatic carbocycles. The highest BCUT2D eigenvalue weighted by Crippen LogP contribution is 2.46. The lowest BCUT2D eigenvalue weighted by atomic mass is 10.1. The molecule has 1 aliphatic heterocycles. The summed E-state index contributed by atoms with van der Waals surface area (Å²) in [5.41, 5.74) is 2.67. The molecule has 0 fully saturated rings. The molecule has 0 radical (unpaired) electrons. The van der Waals surface area contributed by atoms with Crippen molar-refractivity contribution < 1.29 is 14.3 Å². The molecule has 0 atom stereocenters. The Kier molecular flexibility index (Phi) is 4.48. The number of carbonyl (C=O) groups is 2. The molecule has 0 spiro atoms. The van der Waals surface area contributed by atoms with Crippen molar-refractivity contribution in [3.63, 3.8) is 0 Å². The number of pyridine rings is 1. The van der Waals surface area contributed by atoms with Crippen LogP contribution in [0.5, 0.6) is 11.6 Å². The summed E-state index contributed by atoms with van der Waals surface area (Å²) in [7, 11) is 1.55. The highest BCUT2D eigenvalue weighted by atomic mass is 32.1. The van der Waals surface area contributed by atoms with Gasteiger partial charge in [-0.05, 0) is 42.8 Å². The summed E-state index contributed by atoms with van der Waals surface area (Å²) in [4.78, 5) is 32.5. The van der Waals surface area contributed by atoms with E-state index in [-0.39, 0.29) is 11.9 Å². The van der Waals surface area contributed by atoms with E-state index in [0.717, 1.165) is 10.9 Å². The minimum Gasteiger partial charge on any atom is -0.438 e. The molecule has 9 nitrogen and oxygen atoms in total. The van der Waals surface area contributed by atoms with Crippen molar-refractivity contribution in [2.75, 3.05) is 17.3 Å². The van der Waals surface area contributed by atoms with Gasteiger partial charge in [0, 0.05) is 25.5 Å². The number of aryl methyl sites for hydroxylation is 1. The number of benzene rings is 1. The topological polar surface area (TPSA) is 109 Å². The molecule has 0 unspecified atom stereocenters. The number of carbonyl (C=O) groups excluding carboxylic acids is 2. The molecule has 0 bridgehead atoms. The van der Waals surface area contributed by atoms with Gasteiger partial charge in [-0.15, -0.1) is 16.4 Å². The van der Waals surface area contributed by atoms with Crippen LogP contribution in [0.15, 0.2) is 48.8 Å². The minimum absolute atomic E-state index is 0.264. The van der Waals surface area contributed by atoms with Crippen LogP contribution in [-0.4, -0.2) is 34.2 Å². The molecule has 3 aromatic heterocycles. The van der Waals surface area contributed by atoms with Crippen LogP contribution in [0, 0.1) is 6.92 Å². The lowest BCUT2D eigenvalue weighted by Gasteiger charge is -2.29. The predicted octanol–water partition coefficient (Wildman–Crippen LogP) is 4.23. The maximum Gasteiger partial charge on any atom is 0.331 e. The number of hydrogen-bond donors (Lipinski definition) is 2. The smallest absolute Gasteiger partial charge is 0.331 e. The number of amides is 3. The van der Waals surface area contributed by atoms with Gasteiger partial charge in [0.1, 0.15) is 15.5 Å². The zero-order chi connectivity index (χ0) is 21.5. The summed E-state index contributed by atoms with van der Waals surface area (Å²) in [5, 5.41) is 13.9. The fraction of sp³-hybridized carbons (Fsp3) is 0.0952. The van der Waals surface area contributed by atoms with E-state index in [1.165, 1.54) is 11.3 Å². The lowest BCUT2D eigenvalue weighted by molar-refractivity contribution is 0.0968. The van der Waals surface area contributed by atoms with Gasteiger partial charge in [0.15, 0.2) is 0 Å². The van der Waals surface area contributed by atoms with E-state index in [1.807, 2.05) is 19.1 Å². The summed E-state index contributed by atoms with van der Waals surface area (Å²) >= 11 is 1.25. The van der Waals surface area contributed by atoms with Gasteiger partial charge in [0.05, 0.1) is 22.4 Å². The molecule has 0 saturated heterocycles. The molecule has 4 heterocycles. The molecule has 31 heavy (non-hydrogen) atoms. The molecular formula is C21H16N6O3S. The quantitative estimate of drug-likeness (QED) is 0.499. The number of urea groups is 1. The Labute approximate surface area is 180 Å². The monoisotopic (exact) mass is 432 g/mol. The summed E-state index contributed by atoms with van der Waals surface area (Å²) in [6.45, 7) is 1.89. The fourth-order valence-corrected chi connectivity index (χ4v) is 4.57. The van der Waals surface area contributed by atoms with Crippen LogP contribution in [-0.2, 0) is 0 Å². The van der Waals surface area contributed by atoms with Gasteiger partial charge in [-0.1, -0.05) is 0 Å². The van der Waals surface area contributed by atoms with Gasteiger partial charge in [-0.3, -0.25) is 9.69 Å². The number of ether oxygens (including phenoxy) is 1. The Hall–Kier alpha value is -4.05. The zero-order valence-corrected chi connectivity index (χ0v) is 17.4. The Morgan fingerprint density at radius 3 is 2.81 bits per heavy atom. The zero-order valence-electron chi connectivity index (χ0n) is 16.5. The fourth-order valence-electron chi connectivity index (χ4n) is 3.50. The average molecular weight is 432 g/mol. The summed E-state index contributed by atoms with van der Waals surface area (Å²) < 4.78 is 5.74. The van der Waals surface area contributed by atoms with E-state index in [4.69, 9.17) is 4.74 Å². The van der Waals surface area contributed by atoms with Crippen molar-refractivity contribution in [3.05, 3.63) is 59.2 Å². The third-order valence-corrected chi connectivity index (χ3v) is 5.96. The van der Waals surface area contributed by atoms with Crippen LogP contribution in [0.4, 0.5) is 21.9 Å². The van der Waals surface area contributed by atoms with Gasteiger partial charge in [0.25, 0.3) is 5.91 Å². The first-order valence-electron chi connectivity index (χ1n) is 9.37. The Balaban J connectivity index is 1.58. The van der Waals surface area contributed by atoms with Crippen LogP contribution in [0.3, 0.4) is 0 Å². The molecule has 1 aromatic carbocycles.